The first-order valence-electron chi connectivity index (χ1n) is 13.0. The van der Waals surface area contributed by atoms with E-state index in [-0.39, 0.29) is 29.3 Å². The summed E-state index contributed by atoms with van der Waals surface area (Å²) >= 11 is 0. The average Bonchev–Trinajstić information content (AvgIpc) is 3.33. The lowest BCUT2D eigenvalue weighted by atomic mass is 9.87. The molecule has 37 heavy (non-hydrogen) atoms. The van der Waals surface area contributed by atoms with Crippen molar-refractivity contribution < 1.29 is 19.1 Å². The number of methoxy groups -OCH3 is 2. The minimum Gasteiger partial charge on any atom is -0.497 e. The zero-order valence-corrected chi connectivity index (χ0v) is 22.9. The van der Waals surface area contributed by atoms with Gasteiger partial charge in [-0.15, -0.1) is 0 Å². The summed E-state index contributed by atoms with van der Waals surface area (Å²) in [6.45, 7) is 11.7. The molecule has 0 saturated carbocycles. The number of carbonyl (C=O) groups excluding carboxylic acids is 2. The van der Waals surface area contributed by atoms with Crippen LogP contribution in [0.5, 0.6) is 11.5 Å². The van der Waals surface area contributed by atoms with Gasteiger partial charge in [0, 0.05) is 62.0 Å². The summed E-state index contributed by atoms with van der Waals surface area (Å²) in [5.74, 6) is 0.928. The van der Waals surface area contributed by atoms with Crippen molar-refractivity contribution >= 4 is 17.6 Å². The van der Waals surface area contributed by atoms with E-state index >= 15 is 0 Å². The lowest BCUT2D eigenvalue weighted by molar-refractivity contribution is -0.135. The summed E-state index contributed by atoms with van der Waals surface area (Å²) in [5, 5.41) is 3.05. The second kappa shape index (κ2) is 10.9. The van der Waals surface area contributed by atoms with E-state index in [9.17, 15) is 9.59 Å². The Hall–Kier alpha value is -3.42. The number of likely N-dealkylation sites (tertiary alicyclic amines) is 1. The zero-order chi connectivity index (χ0) is 26.7. The van der Waals surface area contributed by atoms with Gasteiger partial charge in [0.25, 0.3) is 0 Å². The van der Waals surface area contributed by atoms with Gasteiger partial charge in [0.2, 0.25) is 5.91 Å². The normalized spacial score (nSPS) is 20.1. The predicted molar refractivity (Wildman–Crippen MR) is 146 cm³/mol. The third-order valence-corrected chi connectivity index (χ3v) is 7.29. The van der Waals surface area contributed by atoms with Crippen LogP contribution in [0.2, 0.25) is 0 Å². The first-order valence-corrected chi connectivity index (χ1v) is 13.0. The number of piperazine rings is 1. The molecule has 1 N–H and O–H groups in total. The van der Waals surface area contributed by atoms with Crippen LogP contribution in [-0.4, -0.2) is 80.8 Å². The van der Waals surface area contributed by atoms with Gasteiger partial charge in [-0.2, -0.15) is 0 Å². The molecule has 8 heteroatoms. The maximum atomic E-state index is 14.0. The number of nitrogens with zero attached hydrogens (tertiary/aromatic N) is 3. The fraction of sp³-hybridized carbons (Fsp3) is 0.517. The molecule has 2 fully saturated rings. The standard InChI is InChI=1S/C29H40N4O4/c1-20-9-7-8-10-25(20)31-13-15-32(16-14-31)27(34)24-19-33(28(35)30-29(2,3)4)18-23(24)22-17-21(36-5)11-12-26(22)37-6/h7-12,17,23-24H,13-16,18-19H2,1-6H3,(H,30,35). The molecule has 2 aromatic carbocycles. The number of ether oxygens (including phenoxy) is 2. The summed E-state index contributed by atoms with van der Waals surface area (Å²) in [5.41, 5.74) is 2.99. The highest BCUT2D eigenvalue weighted by Crippen LogP contribution is 2.40. The fourth-order valence-electron chi connectivity index (χ4n) is 5.38. The summed E-state index contributed by atoms with van der Waals surface area (Å²) in [6.07, 6.45) is 0. The molecule has 0 radical (unpaired) electrons. The van der Waals surface area contributed by atoms with E-state index in [0.29, 0.717) is 37.7 Å². The highest BCUT2D eigenvalue weighted by molar-refractivity contribution is 5.83. The van der Waals surface area contributed by atoms with Gasteiger partial charge in [0.1, 0.15) is 11.5 Å². The molecule has 2 aliphatic rings. The quantitative estimate of drug-likeness (QED) is 0.664. The molecule has 200 valence electrons. The van der Waals surface area contributed by atoms with Crippen LogP contribution in [0.25, 0.3) is 0 Å². The molecule has 3 amide bonds. The van der Waals surface area contributed by atoms with Gasteiger partial charge < -0.3 is 29.5 Å². The van der Waals surface area contributed by atoms with E-state index in [2.05, 4.69) is 35.3 Å². The number of carbonyl (C=O) groups is 2. The molecule has 8 nitrogen and oxygen atoms in total. The van der Waals surface area contributed by atoms with Crippen molar-refractivity contribution in [2.24, 2.45) is 5.92 Å². The fourth-order valence-corrected chi connectivity index (χ4v) is 5.38. The maximum absolute atomic E-state index is 14.0. The molecule has 0 aromatic heterocycles. The van der Waals surface area contributed by atoms with Crippen LogP contribution in [0.4, 0.5) is 10.5 Å². The van der Waals surface area contributed by atoms with E-state index in [4.69, 9.17) is 9.47 Å². The van der Waals surface area contributed by atoms with Gasteiger partial charge in [-0.1, -0.05) is 18.2 Å². The molecule has 2 saturated heterocycles. The van der Waals surface area contributed by atoms with Crippen LogP contribution in [0, 0.1) is 12.8 Å². The van der Waals surface area contributed by atoms with Crippen molar-refractivity contribution in [3.63, 3.8) is 0 Å². The van der Waals surface area contributed by atoms with Crippen molar-refractivity contribution in [2.75, 3.05) is 58.4 Å². The van der Waals surface area contributed by atoms with E-state index < -0.39 is 0 Å². The Kier molecular flexibility index (Phi) is 7.85. The number of aryl methyl sites for hydroxylation is 1. The van der Waals surface area contributed by atoms with E-state index in [1.54, 1.807) is 19.1 Å². The lowest BCUT2D eigenvalue weighted by Crippen LogP contribution is -2.51. The molecular weight excluding hydrogens is 468 g/mol. The van der Waals surface area contributed by atoms with E-state index in [1.807, 2.05) is 49.9 Å². The first kappa shape index (κ1) is 26.6. The van der Waals surface area contributed by atoms with Crippen molar-refractivity contribution in [1.82, 2.24) is 15.1 Å². The molecule has 2 aromatic rings. The highest BCUT2D eigenvalue weighted by Gasteiger charge is 2.44. The smallest absolute Gasteiger partial charge is 0.317 e. The Morgan fingerprint density at radius 2 is 1.62 bits per heavy atom. The number of hydrogen-bond donors (Lipinski definition) is 1. The monoisotopic (exact) mass is 508 g/mol. The number of rotatable bonds is 5. The molecule has 0 spiro atoms. The molecule has 2 atom stereocenters. The summed E-state index contributed by atoms with van der Waals surface area (Å²) in [4.78, 5) is 33.2. The molecule has 2 aliphatic heterocycles. The minimum absolute atomic E-state index is 0.0883. The largest absolute Gasteiger partial charge is 0.497 e. The number of para-hydroxylation sites is 1. The number of hydrogen-bond acceptors (Lipinski definition) is 5. The Morgan fingerprint density at radius 3 is 2.24 bits per heavy atom. The molecule has 4 rings (SSSR count). The van der Waals surface area contributed by atoms with Gasteiger partial charge in [0.15, 0.2) is 0 Å². The summed E-state index contributed by atoms with van der Waals surface area (Å²) in [6, 6.07) is 13.9. The topological polar surface area (TPSA) is 74.3 Å². The molecule has 0 aliphatic carbocycles. The summed E-state index contributed by atoms with van der Waals surface area (Å²) < 4.78 is 11.2. The number of urea groups is 1. The maximum Gasteiger partial charge on any atom is 0.317 e. The second-order valence-electron chi connectivity index (χ2n) is 11.0. The zero-order valence-electron chi connectivity index (χ0n) is 22.9. The molecule has 0 bridgehead atoms. The highest BCUT2D eigenvalue weighted by atomic mass is 16.5. The van der Waals surface area contributed by atoms with Crippen molar-refractivity contribution in [3.05, 3.63) is 53.6 Å². The predicted octanol–water partition coefficient (Wildman–Crippen LogP) is 3.88. The SMILES string of the molecule is COc1ccc(OC)c(C2CN(C(=O)NC(C)(C)C)CC2C(=O)N2CCN(c3ccccc3C)CC2)c1. The summed E-state index contributed by atoms with van der Waals surface area (Å²) in [7, 11) is 3.26. The lowest BCUT2D eigenvalue weighted by Gasteiger charge is -2.38. The van der Waals surface area contributed by atoms with Crippen LogP contribution in [0.1, 0.15) is 37.8 Å². The van der Waals surface area contributed by atoms with E-state index in [1.165, 1.54) is 11.3 Å². The van der Waals surface area contributed by atoms with Gasteiger partial charge in [0.05, 0.1) is 20.1 Å². The third-order valence-electron chi connectivity index (χ3n) is 7.29. The van der Waals surface area contributed by atoms with Crippen LogP contribution in [0.15, 0.2) is 42.5 Å². The Bertz CT molecular complexity index is 1120. The molecular formula is C29H40N4O4. The van der Waals surface area contributed by atoms with Gasteiger partial charge in [-0.25, -0.2) is 4.79 Å². The Balaban J connectivity index is 1.57. The third kappa shape index (κ3) is 5.95. The molecule has 2 unspecified atom stereocenters. The van der Waals surface area contributed by atoms with Crippen molar-refractivity contribution in [2.45, 2.75) is 39.2 Å². The van der Waals surface area contributed by atoms with Gasteiger partial charge in [-0.05, 0) is 57.5 Å². The average molecular weight is 509 g/mol. The minimum atomic E-state index is -0.367. The van der Waals surface area contributed by atoms with Crippen LogP contribution in [0.3, 0.4) is 0 Å². The first-order chi connectivity index (χ1) is 17.6. The van der Waals surface area contributed by atoms with Gasteiger partial charge >= 0.3 is 6.03 Å². The number of amides is 3. The second-order valence-corrected chi connectivity index (χ2v) is 11.0. The number of anilines is 1. The van der Waals surface area contributed by atoms with Crippen LogP contribution < -0.4 is 19.7 Å². The van der Waals surface area contributed by atoms with Gasteiger partial charge in [-0.3, -0.25) is 4.79 Å². The Morgan fingerprint density at radius 1 is 0.919 bits per heavy atom. The van der Waals surface area contributed by atoms with Crippen molar-refractivity contribution in [3.8, 4) is 11.5 Å². The molecule has 2 heterocycles. The number of benzene rings is 2. The Labute approximate surface area is 220 Å². The van der Waals surface area contributed by atoms with Crippen LogP contribution >= 0.6 is 0 Å². The number of nitrogens with one attached hydrogen (secondary N) is 1. The van der Waals surface area contributed by atoms with Crippen molar-refractivity contribution in [1.29, 1.82) is 0 Å². The van der Waals surface area contributed by atoms with Crippen LogP contribution in [-0.2, 0) is 4.79 Å². The van der Waals surface area contributed by atoms with E-state index in [0.717, 1.165) is 18.7 Å².